The molecular formula is C8H16O6. The molecular weight excluding hydrogens is 192 g/mol. The van der Waals surface area contributed by atoms with Crippen molar-refractivity contribution < 1.29 is 29.6 Å². The van der Waals surface area contributed by atoms with Crippen molar-refractivity contribution >= 4 is 11.9 Å². The molecule has 0 bridgehead atoms. The van der Waals surface area contributed by atoms with Gasteiger partial charge in [-0.1, -0.05) is 13.3 Å². The van der Waals surface area contributed by atoms with Gasteiger partial charge in [0.05, 0.1) is 13.2 Å². The third-order valence-corrected chi connectivity index (χ3v) is 1.06. The van der Waals surface area contributed by atoms with Crippen LogP contribution in [0.15, 0.2) is 0 Å². The number of aliphatic hydroxyl groups is 1. The van der Waals surface area contributed by atoms with Crippen LogP contribution in [0.25, 0.3) is 0 Å². The minimum Gasteiger partial charge on any atom is -0.473 e. The molecule has 0 aliphatic carbocycles. The van der Waals surface area contributed by atoms with Gasteiger partial charge in [-0.15, -0.1) is 0 Å². The van der Waals surface area contributed by atoms with Crippen LogP contribution in [0.5, 0.6) is 0 Å². The highest BCUT2D eigenvalue weighted by atomic mass is 16.5. The molecule has 0 unspecified atom stereocenters. The van der Waals surface area contributed by atoms with Crippen LogP contribution < -0.4 is 0 Å². The number of carbonyl (C=O) groups is 2. The van der Waals surface area contributed by atoms with Crippen LogP contribution in [0.2, 0.25) is 0 Å². The second-order valence-corrected chi connectivity index (χ2v) is 2.30. The highest BCUT2D eigenvalue weighted by molar-refractivity contribution is 6.27. The lowest BCUT2D eigenvalue weighted by Gasteiger charge is -1.97. The average molecular weight is 208 g/mol. The minimum absolute atomic E-state index is 0.143. The Morgan fingerprint density at radius 3 is 1.93 bits per heavy atom. The van der Waals surface area contributed by atoms with Crippen LogP contribution in [-0.2, 0) is 14.3 Å². The molecule has 3 N–H and O–H groups in total. The van der Waals surface area contributed by atoms with Crippen LogP contribution >= 0.6 is 0 Å². The lowest BCUT2D eigenvalue weighted by molar-refractivity contribution is -0.159. The molecule has 14 heavy (non-hydrogen) atoms. The van der Waals surface area contributed by atoms with Crippen molar-refractivity contribution in [3.8, 4) is 0 Å². The van der Waals surface area contributed by atoms with Crippen molar-refractivity contribution in [2.75, 3.05) is 19.8 Å². The molecule has 0 atom stereocenters. The monoisotopic (exact) mass is 208 g/mol. The number of rotatable bonds is 5. The predicted octanol–water partition coefficient (Wildman–Crippen LogP) is -0.0490. The van der Waals surface area contributed by atoms with Crippen molar-refractivity contribution in [2.45, 2.75) is 19.8 Å². The molecule has 6 nitrogen and oxygen atoms in total. The first kappa shape index (κ1) is 15.3. The summed E-state index contributed by atoms with van der Waals surface area (Å²) >= 11 is 0. The van der Waals surface area contributed by atoms with Gasteiger partial charge in [-0.3, -0.25) is 0 Å². The van der Waals surface area contributed by atoms with Gasteiger partial charge < -0.3 is 20.1 Å². The number of unbranched alkanes of at least 4 members (excludes halogenated alkanes) is 1. The van der Waals surface area contributed by atoms with Crippen molar-refractivity contribution in [3.63, 3.8) is 0 Å². The number of hydrogen-bond acceptors (Lipinski definition) is 4. The van der Waals surface area contributed by atoms with E-state index >= 15 is 0 Å². The second kappa shape index (κ2) is 11.9. The first-order valence-corrected chi connectivity index (χ1v) is 4.21. The first-order valence-electron chi connectivity index (χ1n) is 4.21. The van der Waals surface area contributed by atoms with Gasteiger partial charge in [0.2, 0.25) is 0 Å². The van der Waals surface area contributed by atoms with Crippen LogP contribution in [0.1, 0.15) is 19.8 Å². The Kier molecular flexibility index (Phi) is 13.0. The quantitative estimate of drug-likeness (QED) is 0.432. The van der Waals surface area contributed by atoms with E-state index in [1.807, 2.05) is 0 Å². The molecule has 0 fully saturated rings. The van der Waals surface area contributed by atoms with Crippen LogP contribution in [-0.4, -0.2) is 47.1 Å². The molecule has 0 amide bonds. The van der Waals surface area contributed by atoms with Gasteiger partial charge in [-0.25, -0.2) is 9.59 Å². The summed E-state index contributed by atoms with van der Waals surface area (Å²) in [5.41, 5.74) is 0. The Bertz CT molecular complexity index is 138. The topological polar surface area (TPSA) is 104 Å². The number of aliphatic carboxylic acids is 2. The number of carboxylic acids is 2. The molecule has 6 heteroatoms. The third kappa shape index (κ3) is 17.1. The largest absolute Gasteiger partial charge is 0.473 e. The Morgan fingerprint density at radius 2 is 1.64 bits per heavy atom. The number of hydrogen-bond donors (Lipinski definition) is 3. The smallest absolute Gasteiger partial charge is 0.414 e. The normalized spacial score (nSPS) is 8.71. The molecule has 0 spiro atoms. The van der Waals surface area contributed by atoms with Crippen molar-refractivity contribution in [3.05, 3.63) is 0 Å². The molecule has 84 valence electrons. The minimum atomic E-state index is -1.82. The van der Waals surface area contributed by atoms with E-state index in [1.165, 1.54) is 0 Å². The molecule has 0 aliphatic heterocycles. The Morgan fingerprint density at radius 1 is 1.14 bits per heavy atom. The Labute approximate surface area is 82.1 Å². The van der Waals surface area contributed by atoms with E-state index in [-0.39, 0.29) is 6.61 Å². The molecule has 0 aromatic rings. The summed E-state index contributed by atoms with van der Waals surface area (Å²) in [6, 6.07) is 0. The van der Waals surface area contributed by atoms with Gasteiger partial charge in [0.15, 0.2) is 0 Å². The molecule has 0 aromatic heterocycles. The molecule has 0 aliphatic rings. The molecule has 0 aromatic carbocycles. The molecule has 0 heterocycles. The summed E-state index contributed by atoms with van der Waals surface area (Å²) in [6.07, 6.45) is 2.26. The molecule has 0 saturated carbocycles. The lowest BCUT2D eigenvalue weighted by Crippen LogP contribution is -2.09. The predicted molar refractivity (Wildman–Crippen MR) is 48.1 cm³/mol. The summed E-state index contributed by atoms with van der Waals surface area (Å²) in [7, 11) is 0. The summed E-state index contributed by atoms with van der Waals surface area (Å²) < 4.78 is 4.97. The van der Waals surface area contributed by atoms with Gasteiger partial charge in [0.1, 0.15) is 0 Å². The Balaban J connectivity index is 0. The maximum Gasteiger partial charge on any atom is 0.414 e. The fourth-order valence-corrected chi connectivity index (χ4v) is 0.413. The highest BCUT2D eigenvalue weighted by Crippen LogP contribution is 1.85. The standard InChI is InChI=1S/C6H14O2.C2H2O4/c1-2-3-5-8-6-4-7;3-1(4)2(5)6/h7H,2-6H2,1H3;(H,3,4)(H,5,6). The van der Waals surface area contributed by atoms with E-state index in [4.69, 9.17) is 29.6 Å². The van der Waals surface area contributed by atoms with E-state index in [1.54, 1.807) is 0 Å². The van der Waals surface area contributed by atoms with E-state index in [0.717, 1.165) is 19.4 Å². The number of aliphatic hydroxyl groups excluding tert-OH is 1. The second-order valence-electron chi connectivity index (χ2n) is 2.30. The summed E-state index contributed by atoms with van der Waals surface area (Å²) in [5.74, 6) is -3.65. The van der Waals surface area contributed by atoms with E-state index in [9.17, 15) is 0 Å². The maximum absolute atomic E-state index is 9.10. The van der Waals surface area contributed by atoms with E-state index in [2.05, 4.69) is 6.92 Å². The number of carboxylic acid groups (broad SMARTS) is 2. The van der Waals surface area contributed by atoms with Crippen molar-refractivity contribution in [2.24, 2.45) is 0 Å². The summed E-state index contributed by atoms with van der Waals surface area (Å²) in [6.45, 7) is 3.53. The van der Waals surface area contributed by atoms with Crippen molar-refractivity contribution in [1.29, 1.82) is 0 Å². The zero-order valence-corrected chi connectivity index (χ0v) is 8.10. The van der Waals surface area contributed by atoms with Gasteiger partial charge in [0, 0.05) is 6.61 Å². The number of ether oxygens (including phenoxy) is 1. The average Bonchev–Trinajstić information content (AvgIpc) is 2.13. The molecule has 0 saturated heterocycles. The fraction of sp³-hybridized carbons (Fsp3) is 0.750. The van der Waals surface area contributed by atoms with Crippen LogP contribution in [0, 0.1) is 0 Å². The lowest BCUT2D eigenvalue weighted by atomic mass is 10.4. The van der Waals surface area contributed by atoms with Crippen LogP contribution in [0.3, 0.4) is 0 Å². The molecule has 0 rings (SSSR count). The third-order valence-electron chi connectivity index (χ3n) is 1.06. The van der Waals surface area contributed by atoms with E-state index in [0.29, 0.717) is 6.61 Å². The van der Waals surface area contributed by atoms with Gasteiger partial charge in [-0.2, -0.15) is 0 Å². The zero-order chi connectivity index (χ0) is 11.4. The van der Waals surface area contributed by atoms with Gasteiger partial charge in [-0.05, 0) is 6.42 Å². The Hall–Kier alpha value is -1.14. The molecule has 0 radical (unpaired) electrons. The summed E-state index contributed by atoms with van der Waals surface area (Å²) in [4.78, 5) is 18.2. The van der Waals surface area contributed by atoms with Gasteiger partial charge in [0.25, 0.3) is 0 Å². The van der Waals surface area contributed by atoms with Crippen LogP contribution in [0.4, 0.5) is 0 Å². The van der Waals surface area contributed by atoms with Gasteiger partial charge >= 0.3 is 11.9 Å². The highest BCUT2D eigenvalue weighted by Gasteiger charge is 2.04. The van der Waals surface area contributed by atoms with Crippen molar-refractivity contribution in [1.82, 2.24) is 0 Å². The maximum atomic E-state index is 9.10. The first-order chi connectivity index (χ1) is 6.56. The fourth-order valence-electron chi connectivity index (χ4n) is 0.413. The summed E-state index contributed by atoms with van der Waals surface area (Å²) in [5, 5.41) is 23.0. The SMILES string of the molecule is CCCCOCCO.O=C(O)C(=O)O. The zero-order valence-electron chi connectivity index (χ0n) is 8.10. The van der Waals surface area contributed by atoms with E-state index < -0.39 is 11.9 Å².